The van der Waals surface area contributed by atoms with Gasteiger partial charge in [0.25, 0.3) is 0 Å². The highest BCUT2D eigenvalue weighted by atomic mass is 35.5. The number of amides is 1. The zero-order chi connectivity index (χ0) is 48.5. The van der Waals surface area contributed by atoms with Gasteiger partial charge in [0.15, 0.2) is 11.4 Å². The van der Waals surface area contributed by atoms with Crippen LogP contribution in [0.5, 0.6) is 0 Å². The molecule has 70 heavy (non-hydrogen) atoms. The summed E-state index contributed by atoms with van der Waals surface area (Å²) in [7, 11) is 0. The number of piperidine rings is 1. The molecule has 0 N–H and O–H groups in total. The Balaban J connectivity index is 1.02. The molecule has 7 aromatic rings. The normalized spacial score (nSPS) is 14.0. The Morgan fingerprint density at radius 2 is 1.31 bits per heavy atom. The van der Waals surface area contributed by atoms with Gasteiger partial charge in [0.05, 0.1) is 6.54 Å². The summed E-state index contributed by atoms with van der Waals surface area (Å²) in [6.45, 7) is 9.59. The molecule has 0 atom stereocenters. The Labute approximate surface area is 416 Å². The maximum absolute atomic E-state index is 14.9. The van der Waals surface area contributed by atoms with E-state index in [1.165, 1.54) is 19.3 Å². The van der Waals surface area contributed by atoms with E-state index in [0.717, 1.165) is 75.4 Å². The van der Waals surface area contributed by atoms with E-state index >= 15 is 0 Å². The number of hydrogen-bond donors (Lipinski definition) is 0. The van der Waals surface area contributed by atoms with Crippen LogP contribution in [0.3, 0.4) is 0 Å². The smallest absolute Gasteiger partial charge is 0.229 e. The molecule has 352 valence electrons. The van der Waals surface area contributed by atoms with Gasteiger partial charge in [-0.1, -0.05) is 163 Å². The number of hydrogen-bond acceptors (Lipinski definition) is 9. The maximum atomic E-state index is 14.9. The Morgan fingerprint density at radius 1 is 0.671 bits per heavy atom. The largest absolute Gasteiger partial charge is 0.354 e. The average molecular weight is 946 g/mol. The van der Waals surface area contributed by atoms with Crippen LogP contribution in [0.4, 0.5) is 5.69 Å². The van der Waals surface area contributed by atoms with Crippen molar-refractivity contribution in [3.63, 3.8) is 0 Å². The van der Waals surface area contributed by atoms with E-state index in [0.29, 0.717) is 55.8 Å². The number of likely N-dealkylation sites (tertiary alicyclic amines) is 1. The number of carbonyl (C=O) groups excluding carboxylic acids is 1. The minimum absolute atomic E-state index is 0.0519. The first-order valence-electron chi connectivity index (χ1n) is 24.2. The lowest BCUT2D eigenvalue weighted by atomic mass is 9.77. The van der Waals surface area contributed by atoms with Gasteiger partial charge in [-0.25, -0.2) is 4.68 Å². The number of halogens is 1. The molecule has 9 rings (SSSR count). The molecule has 1 amide bonds. The van der Waals surface area contributed by atoms with Crippen LogP contribution in [0.25, 0.3) is 0 Å². The number of nitrogens with zero attached hydrogens (tertiary/aromatic N) is 10. The number of allylic oxidation sites excluding steroid dienone is 1. The van der Waals surface area contributed by atoms with Crippen molar-refractivity contribution in [1.29, 1.82) is 10.5 Å². The Morgan fingerprint density at radius 3 is 2.01 bits per heavy atom. The van der Waals surface area contributed by atoms with Crippen LogP contribution in [0.15, 0.2) is 163 Å². The zero-order valence-corrected chi connectivity index (χ0v) is 40.6. The molecule has 12 heteroatoms. The summed E-state index contributed by atoms with van der Waals surface area (Å²) in [4.78, 5) is 23.4. The highest BCUT2D eigenvalue weighted by Crippen LogP contribution is 2.44. The standard InChI is InChI=1S/C58H57ClN10O/c1-43-32-44(2)34-48(33-43)41-67-31-30-66(57(67)49(38-60)39-61)29-26-56(70)68(52-23-15-18-47(36-52)40-65-27-12-5-13-28-65)42-46-17-14-16-45(35-46)37-55-62-63-64-69(55)58(50-19-6-3-7-20-50,51-21-8-4-9-22-51)53-24-10-11-25-54(53)59/h3-4,6-11,14-25,32-36H,5,12-13,26-31,37,40-42H2,1-2H3. The summed E-state index contributed by atoms with van der Waals surface area (Å²) in [5, 5.41) is 34.6. The Hall–Kier alpha value is -7.57. The number of aryl methyl sites for hydroxylation is 2. The number of rotatable bonds is 16. The topological polar surface area (TPSA) is 121 Å². The molecule has 0 saturated carbocycles. The molecule has 1 aromatic heterocycles. The molecule has 0 unspecified atom stereocenters. The van der Waals surface area contributed by atoms with Crippen molar-refractivity contribution < 1.29 is 4.79 Å². The van der Waals surface area contributed by atoms with E-state index in [2.05, 4.69) is 119 Å². The lowest BCUT2D eigenvalue weighted by Gasteiger charge is -2.37. The first-order valence-corrected chi connectivity index (χ1v) is 24.6. The SMILES string of the molecule is Cc1cc(C)cc(CN2CCN(CCC(=O)N(Cc3cccc(Cc4nnnn4C(c4ccccc4)(c4ccccc4)c4ccccc4Cl)c3)c3cccc(CN4CCCCC4)c3)C2=C(C#N)C#N)c1. The molecule has 3 heterocycles. The number of anilines is 1. The van der Waals surface area contributed by atoms with Crippen LogP contribution in [-0.4, -0.2) is 73.5 Å². The van der Waals surface area contributed by atoms with Crippen molar-refractivity contribution in [3.8, 4) is 12.1 Å². The lowest BCUT2D eigenvalue weighted by molar-refractivity contribution is -0.119. The summed E-state index contributed by atoms with van der Waals surface area (Å²) >= 11 is 7.13. The van der Waals surface area contributed by atoms with Gasteiger partial charge in [0.1, 0.15) is 23.5 Å². The molecule has 2 aliphatic heterocycles. The first kappa shape index (κ1) is 47.5. The summed E-state index contributed by atoms with van der Waals surface area (Å²) in [6, 6.07) is 55.7. The molecule has 2 fully saturated rings. The van der Waals surface area contributed by atoms with Gasteiger partial charge in [-0.2, -0.15) is 10.5 Å². The molecular formula is C58H57ClN10O. The quantitative estimate of drug-likeness (QED) is 0.0689. The number of tetrazole rings is 1. The minimum atomic E-state index is -1.01. The van der Waals surface area contributed by atoms with Crippen LogP contribution in [0.2, 0.25) is 5.02 Å². The molecule has 2 aliphatic rings. The van der Waals surface area contributed by atoms with Gasteiger partial charge >= 0.3 is 0 Å². The van der Waals surface area contributed by atoms with Crippen LogP contribution in [0, 0.1) is 36.5 Å². The number of carbonyl (C=O) groups is 1. The van der Waals surface area contributed by atoms with Crippen LogP contribution < -0.4 is 4.90 Å². The molecule has 2 saturated heterocycles. The molecule has 0 spiro atoms. The van der Waals surface area contributed by atoms with Crippen LogP contribution in [-0.2, 0) is 36.4 Å². The van der Waals surface area contributed by atoms with Crippen molar-refractivity contribution in [2.45, 2.75) is 71.1 Å². The van der Waals surface area contributed by atoms with E-state index in [4.69, 9.17) is 16.8 Å². The summed E-state index contributed by atoms with van der Waals surface area (Å²) < 4.78 is 1.91. The molecule has 0 aliphatic carbocycles. The number of aromatic nitrogens is 4. The average Bonchev–Trinajstić information content (AvgIpc) is 4.01. The van der Waals surface area contributed by atoms with Gasteiger partial charge in [0, 0.05) is 61.8 Å². The fourth-order valence-corrected chi connectivity index (χ4v) is 10.7. The number of benzene rings is 6. The molecule has 0 bridgehead atoms. The van der Waals surface area contributed by atoms with E-state index in [1.54, 1.807) is 0 Å². The van der Waals surface area contributed by atoms with Crippen molar-refractivity contribution in [1.82, 2.24) is 34.9 Å². The third-order valence-corrected chi connectivity index (χ3v) is 13.8. The second-order valence-corrected chi connectivity index (χ2v) is 18.9. The van der Waals surface area contributed by atoms with Crippen molar-refractivity contribution in [2.75, 3.05) is 37.6 Å². The third kappa shape index (κ3) is 10.4. The third-order valence-electron chi connectivity index (χ3n) is 13.5. The van der Waals surface area contributed by atoms with E-state index in [-0.39, 0.29) is 17.9 Å². The Bertz CT molecular complexity index is 2980. The fraction of sp³-hybridized carbons (Fsp3) is 0.276. The first-order chi connectivity index (χ1) is 34.2. The van der Waals surface area contributed by atoms with Gasteiger partial charge in [-0.15, -0.1) is 5.10 Å². The number of nitriles is 2. The minimum Gasteiger partial charge on any atom is -0.354 e. The monoisotopic (exact) mass is 944 g/mol. The second-order valence-electron chi connectivity index (χ2n) is 18.5. The van der Waals surface area contributed by atoms with Crippen molar-refractivity contribution >= 4 is 23.2 Å². The molecule has 11 nitrogen and oxygen atoms in total. The maximum Gasteiger partial charge on any atom is 0.229 e. The van der Waals surface area contributed by atoms with Crippen LogP contribution >= 0.6 is 11.6 Å². The Kier molecular flexibility index (Phi) is 14.8. The predicted octanol–water partition coefficient (Wildman–Crippen LogP) is 10.4. The van der Waals surface area contributed by atoms with E-state index in [1.807, 2.05) is 93.3 Å². The zero-order valence-electron chi connectivity index (χ0n) is 39.9. The lowest BCUT2D eigenvalue weighted by Crippen LogP contribution is -2.40. The predicted molar refractivity (Wildman–Crippen MR) is 274 cm³/mol. The molecule has 6 aromatic carbocycles. The fourth-order valence-electron chi connectivity index (χ4n) is 10.5. The molecule has 0 radical (unpaired) electrons. The summed E-state index contributed by atoms with van der Waals surface area (Å²) in [5.41, 5.74) is 9.15. The van der Waals surface area contributed by atoms with Gasteiger partial charge < -0.3 is 14.7 Å². The van der Waals surface area contributed by atoms with Gasteiger partial charge in [-0.05, 0) is 102 Å². The summed E-state index contributed by atoms with van der Waals surface area (Å²) in [6.07, 6.45) is 4.23. The van der Waals surface area contributed by atoms with Crippen molar-refractivity contribution in [3.05, 3.63) is 224 Å². The second kappa shape index (κ2) is 21.8. The van der Waals surface area contributed by atoms with E-state index in [9.17, 15) is 15.3 Å². The highest BCUT2D eigenvalue weighted by Gasteiger charge is 2.43. The van der Waals surface area contributed by atoms with Gasteiger partial charge in [0.2, 0.25) is 5.91 Å². The highest BCUT2D eigenvalue weighted by molar-refractivity contribution is 6.31. The van der Waals surface area contributed by atoms with Crippen LogP contribution in [0.1, 0.15) is 81.6 Å². The van der Waals surface area contributed by atoms with E-state index < -0.39 is 5.54 Å². The van der Waals surface area contributed by atoms with Gasteiger partial charge in [-0.3, -0.25) is 9.69 Å². The molecular weight excluding hydrogens is 888 g/mol. The summed E-state index contributed by atoms with van der Waals surface area (Å²) in [5.74, 6) is 1.17. The van der Waals surface area contributed by atoms with Crippen molar-refractivity contribution in [2.24, 2.45) is 0 Å².